The average molecular weight is 895 g/mol. The molecule has 2 aliphatic carbocycles. The van der Waals surface area contributed by atoms with Gasteiger partial charge in [0.2, 0.25) is 17.6 Å². The summed E-state index contributed by atoms with van der Waals surface area (Å²) in [7, 11) is -1.74. The van der Waals surface area contributed by atoms with Gasteiger partial charge in [-0.2, -0.15) is 0 Å². The number of sulfone groups is 1. The molecule has 5 amide bonds. The van der Waals surface area contributed by atoms with Gasteiger partial charge in [0.05, 0.1) is 11.3 Å². The first-order valence-corrected chi connectivity index (χ1v) is 24.4. The number of fused-ring (bicyclic) bond motifs is 1. The molecule has 0 bridgehead atoms. The summed E-state index contributed by atoms with van der Waals surface area (Å²) in [5, 5.41) is 12.4. The van der Waals surface area contributed by atoms with Crippen LogP contribution in [0.2, 0.25) is 0 Å². The fourth-order valence-corrected chi connectivity index (χ4v) is 11.8. The molecule has 3 aliphatic rings. The number of ketones is 1. The third-order valence-electron chi connectivity index (χ3n) is 13.4. The van der Waals surface area contributed by atoms with Gasteiger partial charge in [0.15, 0.2) is 9.84 Å². The van der Waals surface area contributed by atoms with Crippen LogP contribution in [0.15, 0.2) is 58.6 Å². The molecule has 62 heavy (non-hydrogen) atoms. The fraction of sp³-hybridized carbons (Fsp3) is 0.638. The third kappa shape index (κ3) is 11.3. The predicted octanol–water partition coefficient (Wildman–Crippen LogP) is 6.26. The Morgan fingerprint density at radius 2 is 1.63 bits per heavy atom. The van der Waals surface area contributed by atoms with E-state index in [0.717, 1.165) is 18.4 Å². The minimum atomic E-state index is -3.76. The van der Waals surface area contributed by atoms with E-state index in [1.54, 1.807) is 13.0 Å². The number of hydrogen-bond acceptors (Lipinski definition) is 9. The van der Waals surface area contributed by atoms with E-state index in [-0.39, 0.29) is 46.4 Å². The highest BCUT2D eigenvalue weighted by atomic mass is 32.2. The summed E-state index contributed by atoms with van der Waals surface area (Å²) in [6, 6.07) is 7.83. The topological polar surface area (TPSA) is 174 Å². The fourth-order valence-electron chi connectivity index (χ4n) is 8.83. The number of Topliss-reactive ketones (excluding diaryl/α,β-unsaturated/α-hetero) is 1. The molecule has 1 aromatic heterocycles. The number of rotatable bonds is 19. The number of nitrogens with zero attached hydrogens (tertiary/aromatic N) is 2. The highest BCUT2D eigenvalue weighted by Crippen LogP contribution is 2.65. The SMILES string of the molecule is C=CCNC(=O)C(=O)C(CC1CC1)NC(=O)[C@@H]1[C@@H]2[C@H](CN1C(=O)[C@@H](NC(=O)N[C@H](CC(C)S(=O)(=O)c1cc(CN(C)C(C)c3ccccc3)cs1)C(C)(C)C)C(C)(C)C)C2(C)C. The molecular weight excluding hydrogens is 825 g/mol. The van der Waals surface area contributed by atoms with Crippen molar-refractivity contribution in [3.8, 4) is 0 Å². The van der Waals surface area contributed by atoms with Gasteiger partial charge in [-0.05, 0) is 90.3 Å². The Morgan fingerprint density at radius 1 is 0.984 bits per heavy atom. The van der Waals surface area contributed by atoms with Crippen LogP contribution in [0.3, 0.4) is 0 Å². The van der Waals surface area contributed by atoms with Crippen LogP contribution in [0.5, 0.6) is 0 Å². The molecular formula is C47H70N6O7S2. The van der Waals surface area contributed by atoms with Crippen molar-refractivity contribution in [2.45, 2.75) is 141 Å². The number of carbonyl (C=O) groups is 5. The van der Waals surface area contributed by atoms with Crippen molar-refractivity contribution < 1.29 is 32.4 Å². The van der Waals surface area contributed by atoms with E-state index in [1.165, 1.54) is 27.9 Å². The number of benzene rings is 1. The average Bonchev–Trinajstić information content (AvgIpc) is 3.93. The van der Waals surface area contributed by atoms with Gasteiger partial charge in [-0.3, -0.25) is 24.1 Å². The quantitative estimate of drug-likeness (QED) is 0.0945. The van der Waals surface area contributed by atoms with Crippen LogP contribution >= 0.6 is 11.3 Å². The monoisotopic (exact) mass is 894 g/mol. The summed E-state index contributed by atoms with van der Waals surface area (Å²) in [6.45, 7) is 23.8. The molecule has 4 N–H and O–H groups in total. The van der Waals surface area contributed by atoms with Crippen molar-refractivity contribution in [2.24, 2.45) is 34.0 Å². The van der Waals surface area contributed by atoms with Crippen molar-refractivity contribution in [3.63, 3.8) is 0 Å². The molecule has 3 unspecified atom stereocenters. The second-order valence-electron chi connectivity index (χ2n) is 20.7. The highest BCUT2D eigenvalue weighted by molar-refractivity contribution is 7.94. The molecule has 1 saturated heterocycles. The molecule has 2 heterocycles. The van der Waals surface area contributed by atoms with Crippen molar-refractivity contribution in [3.05, 3.63) is 65.6 Å². The molecule has 0 spiro atoms. The van der Waals surface area contributed by atoms with E-state index in [9.17, 15) is 32.4 Å². The van der Waals surface area contributed by atoms with Crippen molar-refractivity contribution in [2.75, 3.05) is 20.1 Å². The maximum Gasteiger partial charge on any atom is 0.315 e. The summed E-state index contributed by atoms with van der Waals surface area (Å²) in [5.74, 6) is -2.34. The molecule has 8 atom stereocenters. The molecule has 5 rings (SSSR count). The second-order valence-corrected chi connectivity index (χ2v) is 24.2. The van der Waals surface area contributed by atoms with Gasteiger partial charge in [-0.1, -0.05) is 105 Å². The Morgan fingerprint density at radius 3 is 2.21 bits per heavy atom. The van der Waals surface area contributed by atoms with E-state index in [1.807, 2.05) is 72.2 Å². The van der Waals surface area contributed by atoms with Crippen molar-refractivity contribution in [1.29, 1.82) is 0 Å². The molecule has 13 nitrogen and oxygen atoms in total. The number of likely N-dealkylation sites (tertiary alicyclic amines) is 1. The van der Waals surface area contributed by atoms with Gasteiger partial charge < -0.3 is 26.2 Å². The number of piperidine rings is 1. The number of thiophene rings is 1. The number of urea groups is 1. The molecule has 0 radical (unpaired) electrons. The van der Waals surface area contributed by atoms with Crippen LogP contribution in [-0.2, 0) is 35.6 Å². The lowest BCUT2D eigenvalue weighted by Gasteiger charge is -2.39. The Balaban J connectivity index is 1.27. The first kappa shape index (κ1) is 48.9. The number of carbonyl (C=O) groups excluding carboxylic acids is 5. The molecule has 1 aromatic carbocycles. The number of nitrogens with one attached hydrogen (secondary N) is 4. The van der Waals surface area contributed by atoms with Gasteiger partial charge in [-0.15, -0.1) is 17.9 Å². The molecule has 1 aliphatic heterocycles. The summed E-state index contributed by atoms with van der Waals surface area (Å²) >= 11 is 1.21. The minimum Gasteiger partial charge on any atom is -0.346 e. The van der Waals surface area contributed by atoms with Crippen LogP contribution in [0.25, 0.3) is 0 Å². The lowest BCUT2D eigenvalue weighted by molar-refractivity contribution is -0.145. The maximum atomic E-state index is 14.7. The van der Waals surface area contributed by atoms with Crippen molar-refractivity contribution >= 4 is 50.7 Å². The number of hydrogen-bond donors (Lipinski definition) is 4. The molecule has 2 saturated carbocycles. The second kappa shape index (κ2) is 18.9. The van der Waals surface area contributed by atoms with Crippen LogP contribution < -0.4 is 21.3 Å². The molecule has 2 aromatic rings. The minimum absolute atomic E-state index is 0.0389. The molecule has 342 valence electrons. The van der Waals surface area contributed by atoms with E-state index >= 15 is 0 Å². The maximum absolute atomic E-state index is 14.7. The van der Waals surface area contributed by atoms with E-state index in [0.29, 0.717) is 19.5 Å². The zero-order valence-corrected chi connectivity index (χ0v) is 40.2. The van der Waals surface area contributed by atoms with Crippen LogP contribution in [-0.4, -0.2) is 97.3 Å². The van der Waals surface area contributed by atoms with E-state index < -0.39 is 79.6 Å². The Bertz CT molecular complexity index is 2090. The third-order valence-corrected chi connectivity index (χ3v) is 17.1. The zero-order valence-electron chi connectivity index (χ0n) is 38.5. The molecule has 15 heteroatoms. The summed E-state index contributed by atoms with van der Waals surface area (Å²) in [6.07, 6.45) is 3.76. The van der Waals surface area contributed by atoms with Crippen LogP contribution in [0, 0.1) is 34.0 Å². The standard InChI is InChI=1S/C47H70N6O7S2/c1-13-21-48-42(56)39(54)34(23-30-19-20-30)49-41(55)38-37-33(47(37,10)11)26-53(38)43(57)40(46(7,8)9)51-44(58)50-35(45(4,5)6)22-28(2)62(59,60)36-24-31(27-61-36)25-52(12)29(3)32-17-15-14-16-18-32/h13-18,24,27-30,33-35,37-38,40H,1,19-23,25-26H2,2-12H3,(H,48,56)(H,49,55)(H2,50,51,58)/t28?,29?,33-,34?,35+,37-,38-,40+/m0/s1. The normalized spacial score (nSPS) is 22.1. The van der Waals surface area contributed by atoms with Gasteiger partial charge in [0, 0.05) is 31.7 Å². The van der Waals surface area contributed by atoms with E-state index in [2.05, 4.69) is 65.6 Å². The smallest absolute Gasteiger partial charge is 0.315 e. The summed E-state index contributed by atoms with van der Waals surface area (Å²) in [4.78, 5) is 72.6. The summed E-state index contributed by atoms with van der Waals surface area (Å²) < 4.78 is 28.3. The van der Waals surface area contributed by atoms with Gasteiger partial charge >= 0.3 is 6.03 Å². The Kier molecular flexibility index (Phi) is 15.0. The first-order chi connectivity index (χ1) is 28.8. The summed E-state index contributed by atoms with van der Waals surface area (Å²) in [5.41, 5.74) is 0.514. The van der Waals surface area contributed by atoms with Gasteiger partial charge in [-0.25, -0.2) is 13.2 Å². The first-order valence-electron chi connectivity index (χ1n) is 22.0. The largest absolute Gasteiger partial charge is 0.346 e. The predicted molar refractivity (Wildman–Crippen MR) is 244 cm³/mol. The number of amides is 5. The zero-order chi connectivity index (χ0) is 46.1. The highest BCUT2D eigenvalue weighted by Gasteiger charge is 2.70. The van der Waals surface area contributed by atoms with E-state index in [4.69, 9.17) is 0 Å². The lowest BCUT2D eigenvalue weighted by atomic mass is 9.83. The Hall–Kier alpha value is -4.08. The lowest BCUT2D eigenvalue weighted by Crippen LogP contribution is -2.62. The molecule has 3 fully saturated rings. The van der Waals surface area contributed by atoms with Crippen LogP contribution in [0.1, 0.15) is 112 Å². The van der Waals surface area contributed by atoms with Crippen LogP contribution in [0.4, 0.5) is 4.79 Å². The van der Waals surface area contributed by atoms with Crippen molar-refractivity contribution in [1.82, 2.24) is 31.1 Å². The van der Waals surface area contributed by atoms with Gasteiger partial charge in [0.1, 0.15) is 16.3 Å². The Labute approximate surface area is 373 Å². The van der Waals surface area contributed by atoms with Gasteiger partial charge in [0.25, 0.3) is 5.91 Å².